The molecule has 0 atom stereocenters. The molecule has 0 aromatic heterocycles. The summed E-state index contributed by atoms with van der Waals surface area (Å²) < 4.78 is 5.30. The van der Waals surface area contributed by atoms with E-state index in [1.165, 1.54) is 0 Å². The molecule has 158 valence electrons. The maximum atomic E-state index is 12.8. The topological polar surface area (TPSA) is 91.0 Å². The molecule has 0 spiro atoms. The van der Waals surface area contributed by atoms with Crippen molar-refractivity contribution in [3.63, 3.8) is 0 Å². The number of nitrogens with one attached hydrogen (secondary N) is 2. The highest BCUT2D eigenvalue weighted by Gasteiger charge is 2.24. The molecule has 1 saturated heterocycles. The predicted octanol–water partition coefficient (Wildman–Crippen LogP) is 2.91. The van der Waals surface area contributed by atoms with Gasteiger partial charge in [0.1, 0.15) is 0 Å². The summed E-state index contributed by atoms with van der Waals surface area (Å²) >= 11 is 0. The van der Waals surface area contributed by atoms with Gasteiger partial charge in [-0.15, -0.1) is 0 Å². The summed E-state index contributed by atoms with van der Waals surface area (Å²) in [6.45, 7) is 6.50. The first-order valence-electron chi connectivity index (χ1n) is 10.3. The third-order valence-corrected chi connectivity index (χ3v) is 4.88. The van der Waals surface area contributed by atoms with E-state index >= 15 is 0 Å². The van der Waals surface area contributed by atoms with Gasteiger partial charge in [0.25, 0.3) is 5.91 Å². The largest absolute Gasteiger partial charge is 0.449 e. The van der Waals surface area contributed by atoms with Gasteiger partial charge in [-0.3, -0.25) is 4.79 Å². The Morgan fingerprint density at radius 3 is 2.34 bits per heavy atom. The average Bonchev–Trinajstić information content (AvgIpc) is 3.52. The Morgan fingerprint density at radius 1 is 1.03 bits per heavy atom. The Balaban J connectivity index is 1.50. The Bertz CT molecular complexity index is 731. The van der Waals surface area contributed by atoms with Crippen LogP contribution in [0.3, 0.4) is 0 Å². The molecule has 8 nitrogen and oxygen atoms in total. The van der Waals surface area contributed by atoms with Crippen LogP contribution in [0.25, 0.3) is 0 Å². The van der Waals surface area contributed by atoms with Gasteiger partial charge in [0, 0.05) is 43.5 Å². The van der Waals surface area contributed by atoms with Gasteiger partial charge in [-0.05, 0) is 49.4 Å². The molecule has 2 aliphatic rings. The van der Waals surface area contributed by atoms with E-state index in [0.29, 0.717) is 62.4 Å². The van der Waals surface area contributed by atoms with Gasteiger partial charge in [-0.2, -0.15) is 0 Å². The second-order valence-corrected chi connectivity index (χ2v) is 8.05. The number of rotatable bonds is 5. The van der Waals surface area contributed by atoms with Crippen molar-refractivity contribution in [3.05, 3.63) is 29.8 Å². The van der Waals surface area contributed by atoms with Crippen molar-refractivity contribution in [1.29, 1.82) is 0 Å². The SMILES string of the molecule is CC(C)COC(=O)N1CCCN(C(=O)c2ccc(NC(=O)NC3CC3)cc2)CC1. The van der Waals surface area contributed by atoms with Crippen LogP contribution in [0.5, 0.6) is 0 Å². The summed E-state index contributed by atoms with van der Waals surface area (Å²) in [7, 11) is 0. The van der Waals surface area contributed by atoms with Gasteiger partial charge in [0.15, 0.2) is 0 Å². The monoisotopic (exact) mass is 402 g/mol. The molecule has 8 heteroatoms. The third kappa shape index (κ3) is 6.37. The average molecular weight is 402 g/mol. The second kappa shape index (κ2) is 9.62. The Morgan fingerprint density at radius 2 is 1.69 bits per heavy atom. The molecular weight excluding hydrogens is 372 g/mol. The van der Waals surface area contributed by atoms with Crippen molar-refractivity contribution in [2.24, 2.45) is 5.92 Å². The first kappa shape index (κ1) is 21.0. The van der Waals surface area contributed by atoms with Gasteiger partial charge >= 0.3 is 12.1 Å². The molecule has 1 aromatic carbocycles. The molecule has 29 heavy (non-hydrogen) atoms. The first-order chi connectivity index (χ1) is 13.9. The molecule has 3 rings (SSSR count). The summed E-state index contributed by atoms with van der Waals surface area (Å²) in [5.74, 6) is 0.220. The van der Waals surface area contributed by atoms with Gasteiger partial charge in [0.05, 0.1) is 6.61 Å². The lowest BCUT2D eigenvalue weighted by atomic mass is 10.1. The lowest BCUT2D eigenvalue weighted by Crippen LogP contribution is -2.38. The van der Waals surface area contributed by atoms with E-state index in [2.05, 4.69) is 10.6 Å². The van der Waals surface area contributed by atoms with Crippen molar-refractivity contribution in [3.8, 4) is 0 Å². The number of hydrogen-bond donors (Lipinski definition) is 2. The van der Waals surface area contributed by atoms with Crippen molar-refractivity contribution in [2.45, 2.75) is 39.2 Å². The fraction of sp³-hybridized carbons (Fsp3) is 0.571. The maximum Gasteiger partial charge on any atom is 0.409 e. The summed E-state index contributed by atoms with van der Waals surface area (Å²) in [5, 5.41) is 5.63. The van der Waals surface area contributed by atoms with Gasteiger partial charge in [0.2, 0.25) is 0 Å². The van der Waals surface area contributed by atoms with Crippen LogP contribution in [-0.4, -0.2) is 66.7 Å². The van der Waals surface area contributed by atoms with E-state index in [1.807, 2.05) is 13.8 Å². The van der Waals surface area contributed by atoms with Crippen LogP contribution in [0.15, 0.2) is 24.3 Å². The molecule has 0 unspecified atom stereocenters. The molecule has 4 amide bonds. The van der Waals surface area contributed by atoms with Crippen LogP contribution >= 0.6 is 0 Å². The molecule has 2 N–H and O–H groups in total. The van der Waals surface area contributed by atoms with Crippen LogP contribution in [-0.2, 0) is 4.74 Å². The minimum atomic E-state index is -0.312. The third-order valence-electron chi connectivity index (χ3n) is 4.88. The number of benzene rings is 1. The zero-order chi connectivity index (χ0) is 20.8. The number of urea groups is 1. The summed E-state index contributed by atoms with van der Waals surface area (Å²) in [5.41, 5.74) is 1.21. The van der Waals surface area contributed by atoms with Crippen LogP contribution in [0.2, 0.25) is 0 Å². The Kier molecular flexibility index (Phi) is 6.95. The van der Waals surface area contributed by atoms with Crippen molar-refractivity contribution in [1.82, 2.24) is 15.1 Å². The number of carbonyl (C=O) groups excluding carboxylic acids is 3. The smallest absolute Gasteiger partial charge is 0.409 e. The van der Waals surface area contributed by atoms with E-state index in [9.17, 15) is 14.4 Å². The number of anilines is 1. The van der Waals surface area contributed by atoms with E-state index in [-0.39, 0.29) is 18.0 Å². The molecule has 1 aliphatic carbocycles. The van der Waals surface area contributed by atoms with E-state index in [0.717, 1.165) is 12.8 Å². The van der Waals surface area contributed by atoms with Crippen molar-refractivity contribution >= 4 is 23.7 Å². The predicted molar refractivity (Wildman–Crippen MR) is 110 cm³/mol. The number of ether oxygens (including phenoxy) is 1. The minimum Gasteiger partial charge on any atom is -0.449 e. The minimum absolute atomic E-state index is 0.0728. The van der Waals surface area contributed by atoms with Crippen molar-refractivity contribution in [2.75, 3.05) is 38.1 Å². The number of amides is 4. The molecule has 0 bridgehead atoms. The summed E-state index contributed by atoms with van der Waals surface area (Å²) in [4.78, 5) is 40.2. The molecule has 1 saturated carbocycles. The lowest BCUT2D eigenvalue weighted by molar-refractivity contribution is 0.0746. The number of nitrogens with zero attached hydrogens (tertiary/aromatic N) is 2. The molecule has 0 radical (unpaired) electrons. The lowest BCUT2D eigenvalue weighted by Gasteiger charge is -2.22. The highest BCUT2D eigenvalue weighted by molar-refractivity contribution is 5.95. The van der Waals surface area contributed by atoms with Crippen molar-refractivity contribution < 1.29 is 19.1 Å². The fourth-order valence-corrected chi connectivity index (χ4v) is 3.09. The highest BCUT2D eigenvalue weighted by Crippen LogP contribution is 2.19. The van der Waals surface area contributed by atoms with Gasteiger partial charge < -0.3 is 25.2 Å². The van der Waals surface area contributed by atoms with E-state index < -0.39 is 0 Å². The Labute approximate surface area is 171 Å². The van der Waals surface area contributed by atoms with Gasteiger partial charge in [-0.25, -0.2) is 9.59 Å². The molecular formula is C21H30N4O4. The first-order valence-corrected chi connectivity index (χ1v) is 10.3. The standard InChI is InChI=1S/C21H30N4O4/c1-15(2)14-29-21(28)25-11-3-10-24(12-13-25)19(26)16-4-6-17(7-5-16)22-20(27)23-18-8-9-18/h4-7,15,18H,3,8-14H2,1-2H3,(H2,22,23,27). The normalized spacial score (nSPS) is 16.9. The second-order valence-electron chi connectivity index (χ2n) is 8.05. The Hall–Kier alpha value is -2.77. The highest BCUT2D eigenvalue weighted by atomic mass is 16.6. The number of hydrogen-bond acceptors (Lipinski definition) is 4. The number of carbonyl (C=O) groups is 3. The summed E-state index contributed by atoms with van der Waals surface area (Å²) in [6.07, 6.45) is 2.46. The van der Waals surface area contributed by atoms with Crippen LogP contribution in [0, 0.1) is 5.92 Å². The zero-order valence-corrected chi connectivity index (χ0v) is 17.1. The molecule has 1 aliphatic heterocycles. The van der Waals surface area contributed by atoms with Gasteiger partial charge in [-0.1, -0.05) is 13.8 Å². The van der Waals surface area contributed by atoms with Crippen LogP contribution in [0.4, 0.5) is 15.3 Å². The molecule has 1 heterocycles. The molecule has 1 aromatic rings. The molecule has 2 fully saturated rings. The zero-order valence-electron chi connectivity index (χ0n) is 17.1. The van der Waals surface area contributed by atoms with E-state index in [1.54, 1.807) is 34.1 Å². The maximum absolute atomic E-state index is 12.8. The van der Waals surface area contributed by atoms with Crippen LogP contribution < -0.4 is 10.6 Å². The quantitative estimate of drug-likeness (QED) is 0.792. The fourth-order valence-electron chi connectivity index (χ4n) is 3.09. The van der Waals surface area contributed by atoms with Crippen LogP contribution in [0.1, 0.15) is 43.5 Å². The summed E-state index contributed by atoms with van der Waals surface area (Å²) in [6, 6.07) is 6.97. The van der Waals surface area contributed by atoms with E-state index in [4.69, 9.17) is 4.74 Å².